The highest BCUT2D eigenvalue weighted by molar-refractivity contribution is 5.60. The number of para-hydroxylation sites is 2. The van der Waals surface area contributed by atoms with Crippen LogP contribution in [0.5, 0.6) is 5.75 Å². The molecule has 1 aromatic rings. The summed E-state index contributed by atoms with van der Waals surface area (Å²) >= 11 is 0. The standard InChI is InChI=1S/C17H26N2O4/c1-17(2,3)22-16(20)23-19-11-7-8-13(19)12-18-14-9-5-6-10-15(14)21-4/h5-6,9-10,13,18H,7-8,11-12H2,1-4H3. The van der Waals surface area contributed by atoms with E-state index in [0.29, 0.717) is 6.54 Å². The molecule has 1 saturated heterocycles. The van der Waals surface area contributed by atoms with Gasteiger partial charge < -0.3 is 19.6 Å². The molecular weight excluding hydrogens is 296 g/mol. The van der Waals surface area contributed by atoms with Crippen molar-refractivity contribution in [3.05, 3.63) is 24.3 Å². The van der Waals surface area contributed by atoms with Crippen LogP contribution in [0.2, 0.25) is 0 Å². The number of nitrogens with zero attached hydrogens (tertiary/aromatic N) is 1. The number of carbonyl (C=O) groups is 1. The summed E-state index contributed by atoms with van der Waals surface area (Å²) in [5, 5.41) is 5.06. The van der Waals surface area contributed by atoms with Gasteiger partial charge >= 0.3 is 6.16 Å². The van der Waals surface area contributed by atoms with Crippen molar-refractivity contribution in [1.29, 1.82) is 0 Å². The maximum Gasteiger partial charge on any atom is 0.528 e. The molecule has 0 aliphatic carbocycles. The SMILES string of the molecule is COc1ccccc1NCC1CCCN1OC(=O)OC(C)(C)C. The Labute approximate surface area is 137 Å². The Kier molecular flexibility index (Phi) is 5.71. The lowest BCUT2D eigenvalue weighted by atomic mass is 10.2. The third-order valence-electron chi connectivity index (χ3n) is 3.54. The fraction of sp³-hybridized carbons (Fsp3) is 0.588. The van der Waals surface area contributed by atoms with Gasteiger partial charge in [-0.05, 0) is 45.7 Å². The van der Waals surface area contributed by atoms with Gasteiger partial charge in [-0.1, -0.05) is 12.1 Å². The van der Waals surface area contributed by atoms with Gasteiger partial charge in [0.05, 0.1) is 18.8 Å². The summed E-state index contributed by atoms with van der Waals surface area (Å²) < 4.78 is 10.5. The molecule has 1 aliphatic heterocycles. The largest absolute Gasteiger partial charge is 0.528 e. The van der Waals surface area contributed by atoms with E-state index in [9.17, 15) is 4.79 Å². The highest BCUT2D eigenvalue weighted by atomic mass is 16.8. The van der Waals surface area contributed by atoms with Crippen LogP contribution in [-0.2, 0) is 9.57 Å². The van der Waals surface area contributed by atoms with Crippen molar-refractivity contribution in [3.8, 4) is 5.75 Å². The second-order valence-electron chi connectivity index (χ2n) is 6.57. The number of ether oxygens (including phenoxy) is 2. The van der Waals surface area contributed by atoms with E-state index in [1.807, 2.05) is 45.0 Å². The Bertz CT molecular complexity index is 528. The number of methoxy groups -OCH3 is 1. The zero-order chi connectivity index (χ0) is 16.9. The van der Waals surface area contributed by atoms with Crippen LogP contribution in [0.4, 0.5) is 10.5 Å². The lowest BCUT2D eigenvalue weighted by Gasteiger charge is -2.26. The molecule has 6 nitrogen and oxygen atoms in total. The highest BCUT2D eigenvalue weighted by Gasteiger charge is 2.30. The Morgan fingerprint density at radius 3 is 2.78 bits per heavy atom. The summed E-state index contributed by atoms with van der Waals surface area (Å²) in [7, 11) is 1.65. The molecule has 0 saturated carbocycles. The average molecular weight is 322 g/mol. The second kappa shape index (κ2) is 7.55. The molecule has 2 rings (SSSR count). The first kappa shape index (κ1) is 17.4. The quantitative estimate of drug-likeness (QED) is 0.838. The molecule has 1 N–H and O–H groups in total. The smallest absolute Gasteiger partial charge is 0.495 e. The minimum Gasteiger partial charge on any atom is -0.495 e. The van der Waals surface area contributed by atoms with Crippen LogP contribution in [0.1, 0.15) is 33.6 Å². The topological polar surface area (TPSA) is 60.0 Å². The lowest BCUT2D eigenvalue weighted by Crippen LogP contribution is -2.38. The van der Waals surface area contributed by atoms with Crippen LogP contribution in [0.3, 0.4) is 0 Å². The number of hydrogen-bond acceptors (Lipinski definition) is 6. The van der Waals surface area contributed by atoms with Crippen molar-refractivity contribution in [1.82, 2.24) is 5.06 Å². The maximum absolute atomic E-state index is 11.8. The first-order chi connectivity index (χ1) is 10.9. The Hall–Kier alpha value is -1.95. The first-order valence-electron chi connectivity index (χ1n) is 7.93. The predicted octanol–water partition coefficient (Wildman–Crippen LogP) is 3.44. The molecule has 0 bridgehead atoms. The molecule has 1 aromatic carbocycles. The van der Waals surface area contributed by atoms with Gasteiger partial charge in [-0.15, -0.1) is 5.06 Å². The number of rotatable bonds is 5. The van der Waals surface area contributed by atoms with Crippen LogP contribution in [-0.4, -0.2) is 43.1 Å². The number of anilines is 1. The summed E-state index contributed by atoms with van der Waals surface area (Å²) in [5.74, 6) is 0.796. The van der Waals surface area contributed by atoms with Gasteiger partial charge in [-0.25, -0.2) is 4.79 Å². The molecule has 0 aromatic heterocycles. The molecule has 0 amide bonds. The van der Waals surface area contributed by atoms with Crippen molar-refractivity contribution < 1.29 is 19.1 Å². The zero-order valence-electron chi connectivity index (χ0n) is 14.3. The predicted molar refractivity (Wildman–Crippen MR) is 88.5 cm³/mol. The van der Waals surface area contributed by atoms with Crippen molar-refractivity contribution in [2.75, 3.05) is 25.5 Å². The minimum absolute atomic E-state index is 0.118. The third kappa shape index (κ3) is 5.32. The lowest BCUT2D eigenvalue weighted by molar-refractivity contribution is -0.148. The van der Waals surface area contributed by atoms with Crippen molar-refractivity contribution in [2.24, 2.45) is 0 Å². The average Bonchev–Trinajstić information content (AvgIpc) is 2.90. The summed E-state index contributed by atoms with van der Waals surface area (Å²) in [4.78, 5) is 17.2. The summed E-state index contributed by atoms with van der Waals surface area (Å²) in [5.41, 5.74) is 0.376. The van der Waals surface area contributed by atoms with E-state index in [1.54, 1.807) is 12.2 Å². The molecule has 1 atom stereocenters. The second-order valence-corrected chi connectivity index (χ2v) is 6.57. The molecule has 1 heterocycles. The molecule has 23 heavy (non-hydrogen) atoms. The van der Waals surface area contributed by atoms with Gasteiger partial charge in [-0.2, -0.15) is 0 Å². The van der Waals surface area contributed by atoms with E-state index in [1.165, 1.54) is 0 Å². The number of carbonyl (C=O) groups excluding carboxylic acids is 1. The fourth-order valence-electron chi connectivity index (χ4n) is 2.52. The minimum atomic E-state index is -0.651. The Balaban J connectivity index is 1.88. The van der Waals surface area contributed by atoms with Crippen LogP contribution in [0.15, 0.2) is 24.3 Å². The van der Waals surface area contributed by atoms with Crippen LogP contribution >= 0.6 is 0 Å². The molecule has 0 spiro atoms. The van der Waals surface area contributed by atoms with E-state index in [0.717, 1.165) is 30.8 Å². The molecule has 128 valence electrons. The Morgan fingerprint density at radius 2 is 2.09 bits per heavy atom. The molecule has 0 radical (unpaired) electrons. The molecule has 1 aliphatic rings. The number of hydroxylamine groups is 2. The molecular formula is C17H26N2O4. The van der Waals surface area contributed by atoms with Gasteiger partial charge in [0.1, 0.15) is 11.4 Å². The van der Waals surface area contributed by atoms with Crippen LogP contribution in [0.25, 0.3) is 0 Å². The first-order valence-corrected chi connectivity index (χ1v) is 7.93. The molecule has 1 fully saturated rings. The maximum atomic E-state index is 11.8. The van der Waals surface area contributed by atoms with Crippen molar-refractivity contribution in [2.45, 2.75) is 45.3 Å². The fourth-order valence-corrected chi connectivity index (χ4v) is 2.52. The normalized spacial score (nSPS) is 18.5. The van der Waals surface area contributed by atoms with E-state index < -0.39 is 11.8 Å². The van der Waals surface area contributed by atoms with Gasteiger partial charge in [0, 0.05) is 13.1 Å². The number of nitrogens with one attached hydrogen (secondary N) is 1. The van der Waals surface area contributed by atoms with E-state index in [4.69, 9.17) is 14.3 Å². The summed E-state index contributed by atoms with van der Waals surface area (Å²) in [6, 6.07) is 7.87. The summed E-state index contributed by atoms with van der Waals surface area (Å²) in [6.07, 6.45) is 1.30. The van der Waals surface area contributed by atoms with Gasteiger partial charge in [0.2, 0.25) is 0 Å². The number of hydrogen-bond donors (Lipinski definition) is 1. The van der Waals surface area contributed by atoms with Crippen molar-refractivity contribution >= 4 is 11.8 Å². The van der Waals surface area contributed by atoms with E-state index in [-0.39, 0.29) is 6.04 Å². The molecule has 1 unspecified atom stereocenters. The van der Waals surface area contributed by atoms with Gasteiger partial charge in [-0.3, -0.25) is 0 Å². The monoisotopic (exact) mass is 322 g/mol. The van der Waals surface area contributed by atoms with Gasteiger partial charge in [0.15, 0.2) is 0 Å². The summed E-state index contributed by atoms with van der Waals surface area (Å²) in [6.45, 7) is 6.84. The van der Waals surface area contributed by atoms with Gasteiger partial charge in [0.25, 0.3) is 0 Å². The van der Waals surface area contributed by atoms with Crippen LogP contribution < -0.4 is 10.1 Å². The highest BCUT2D eigenvalue weighted by Crippen LogP contribution is 2.25. The molecule has 6 heteroatoms. The van der Waals surface area contributed by atoms with Crippen molar-refractivity contribution in [3.63, 3.8) is 0 Å². The van der Waals surface area contributed by atoms with E-state index >= 15 is 0 Å². The number of benzene rings is 1. The zero-order valence-corrected chi connectivity index (χ0v) is 14.3. The van der Waals surface area contributed by atoms with Crippen LogP contribution in [0, 0.1) is 0 Å². The third-order valence-corrected chi connectivity index (χ3v) is 3.54. The Morgan fingerprint density at radius 1 is 1.35 bits per heavy atom. The van der Waals surface area contributed by atoms with E-state index in [2.05, 4.69) is 5.32 Å².